The van der Waals surface area contributed by atoms with E-state index in [9.17, 15) is 5.41 Å². The minimum absolute atomic E-state index is 0.404. The highest BCUT2D eigenvalue weighted by atomic mass is 15.4. The Morgan fingerprint density at radius 1 is 0.299 bits per heavy atom. The average Bonchev–Trinajstić information content (AvgIpc) is 4.00. The Morgan fingerprint density at radius 3 is 1.13 bits per heavy atom. The molecule has 0 aliphatic rings. The summed E-state index contributed by atoms with van der Waals surface area (Å²) in [6, 6.07) is 102. The lowest BCUT2D eigenvalue weighted by molar-refractivity contribution is 1.06. The molecule has 14 aromatic rings. The molecule has 0 unspecified atom stereocenters. The summed E-state index contributed by atoms with van der Waals surface area (Å²) in [5, 5.41) is 16.7. The van der Waals surface area contributed by atoms with Gasteiger partial charge in [0.25, 0.3) is 0 Å². The molecule has 0 bridgehead atoms. The van der Waals surface area contributed by atoms with Crippen molar-refractivity contribution in [3.8, 4) is 61.3 Å². The lowest BCUT2D eigenvalue weighted by Crippen LogP contribution is -2.14. The number of nitrogens with zero attached hydrogens (tertiary/aromatic N) is 2. The van der Waals surface area contributed by atoms with Gasteiger partial charge in [-0.05, 0) is 133 Å². The van der Waals surface area contributed by atoms with Crippen molar-refractivity contribution < 1.29 is 0 Å². The molecule has 4 heteroatoms. The first-order valence-electron chi connectivity index (χ1n) is 26.2. The van der Waals surface area contributed by atoms with Crippen molar-refractivity contribution >= 4 is 65.8 Å². The van der Waals surface area contributed by atoms with Crippen LogP contribution in [0.5, 0.6) is 0 Å². The molecule has 4 nitrogen and oxygen atoms in total. The summed E-state index contributed by atoms with van der Waals surface area (Å²) < 4.78 is 4.65. The van der Waals surface area contributed by atoms with E-state index in [4.69, 9.17) is 0 Å². The Bertz CT molecular complexity index is 4550. The van der Waals surface area contributed by atoms with Gasteiger partial charge in [0.05, 0.1) is 39.2 Å². The highest BCUT2D eigenvalue weighted by Crippen LogP contribution is 2.41. The smallest absolute Gasteiger partial charge is 0.0710 e. The Kier molecular flexibility index (Phi) is 11.3. The summed E-state index contributed by atoms with van der Waals surface area (Å²) in [4.78, 5) is 0. The number of aromatic nitrogens is 2. The standard InChI is InChI=1S/C73H50N4/c74-67(56-32-28-53(29-33-56)49-16-5-1-6-17-49)48-68(57-34-30-54(31-35-57)50-18-7-2-8-19-50)75-77-72-42-38-59(52-22-11-4-12-23-52)45-65(72)66-47-61(39-43-73(66)77)60-37-41-71-64(46-60)63-44-58(51-20-9-3-10-21-51)36-40-70(63)76(71)69-27-15-25-55-24-13-14-26-62(55)69/h1-48,74-75H/b68-48-,74-67?. The van der Waals surface area contributed by atoms with Crippen molar-refractivity contribution in [3.05, 3.63) is 302 Å². The summed E-state index contributed by atoms with van der Waals surface area (Å²) in [6.45, 7) is 0. The van der Waals surface area contributed by atoms with Crippen molar-refractivity contribution in [2.45, 2.75) is 0 Å². The molecule has 0 spiro atoms. The minimum atomic E-state index is 0.404. The van der Waals surface area contributed by atoms with Crippen molar-refractivity contribution in [2.75, 3.05) is 5.43 Å². The van der Waals surface area contributed by atoms with E-state index in [-0.39, 0.29) is 0 Å². The lowest BCUT2D eigenvalue weighted by atomic mass is 9.98. The van der Waals surface area contributed by atoms with Gasteiger partial charge in [-0.25, -0.2) is 0 Å². The van der Waals surface area contributed by atoms with Crippen LogP contribution in [0, 0.1) is 5.41 Å². The number of hydrogen-bond donors (Lipinski definition) is 2. The molecule has 0 radical (unpaired) electrons. The first-order valence-corrected chi connectivity index (χ1v) is 26.2. The van der Waals surface area contributed by atoms with E-state index in [0.717, 1.165) is 94.3 Å². The van der Waals surface area contributed by atoms with E-state index in [1.165, 1.54) is 38.2 Å². The number of fused-ring (bicyclic) bond motifs is 7. The lowest BCUT2D eigenvalue weighted by Gasteiger charge is -2.17. The Hall–Kier alpha value is -10.3. The van der Waals surface area contributed by atoms with Gasteiger partial charge >= 0.3 is 0 Å². The maximum atomic E-state index is 9.58. The van der Waals surface area contributed by atoms with Crippen LogP contribution in [0.25, 0.3) is 121 Å². The Morgan fingerprint density at radius 2 is 0.649 bits per heavy atom. The molecule has 2 aromatic heterocycles. The molecule has 0 saturated carbocycles. The molecule has 0 aliphatic heterocycles. The largest absolute Gasteiger partial charge is 0.309 e. The van der Waals surface area contributed by atoms with Crippen LogP contribution >= 0.6 is 0 Å². The second-order valence-corrected chi connectivity index (χ2v) is 19.8. The predicted molar refractivity (Wildman–Crippen MR) is 326 cm³/mol. The fourth-order valence-corrected chi connectivity index (χ4v) is 11.3. The fourth-order valence-electron chi connectivity index (χ4n) is 11.3. The zero-order chi connectivity index (χ0) is 51.2. The van der Waals surface area contributed by atoms with Crippen LogP contribution in [0.2, 0.25) is 0 Å². The van der Waals surface area contributed by atoms with Crippen LogP contribution in [0.4, 0.5) is 0 Å². The Labute approximate surface area is 447 Å². The quantitative estimate of drug-likeness (QED) is 0.125. The zero-order valence-corrected chi connectivity index (χ0v) is 42.1. The minimum Gasteiger partial charge on any atom is -0.309 e. The first kappa shape index (κ1) is 45.3. The molecule has 0 aliphatic carbocycles. The van der Waals surface area contributed by atoms with Gasteiger partial charge in [0.2, 0.25) is 0 Å². The maximum Gasteiger partial charge on any atom is 0.0710 e. The van der Waals surface area contributed by atoms with Crippen LogP contribution < -0.4 is 5.43 Å². The van der Waals surface area contributed by atoms with Gasteiger partial charge in [-0.2, -0.15) is 0 Å². The van der Waals surface area contributed by atoms with E-state index in [2.05, 4.69) is 276 Å². The summed E-state index contributed by atoms with van der Waals surface area (Å²) >= 11 is 0. The molecule has 0 atom stereocenters. The number of hydrogen-bond acceptors (Lipinski definition) is 2. The fraction of sp³-hybridized carbons (Fsp3) is 0. The molecule has 2 heterocycles. The third-order valence-corrected chi connectivity index (χ3v) is 15.2. The predicted octanol–water partition coefficient (Wildman–Crippen LogP) is 19.0. The van der Waals surface area contributed by atoms with Crippen molar-refractivity contribution in [1.29, 1.82) is 5.41 Å². The summed E-state index contributed by atoms with van der Waals surface area (Å²) in [5.74, 6) is 0. The zero-order valence-electron chi connectivity index (χ0n) is 42.1. The van der Waals surface area contributed by atoms with E-state index in [1.54, 1.807) is 0 Å². The number of nitrogens with one attached hydrogen (secondary N) is 2. The molecule has 77 heavy (non-hydrogen) atoms. The SMILES string of the molecule is N=C(/C=C(\Nn1c2ccc(-c3ccccc3)cc2c2cc(-c3ccc4c(c3)c3cc(-c5ccccc5)ccc3n4-c3cccc4ccccc34)ccc21)c1ccc(-c2ccccc2)cc1)c1ccc(-c2ccccc2)cc1. The molecule has 12 aromatic carbocycles. The van der Waals surface area contributed by atoms with Gasteiger partial charge < -0.3 is 9.98 Å². The van der Waals surface area contributed by atoms with Gasteiger partial charge in [0.1, 0.15) is 0 Å². The van der Waals surface area contributed by atoms with Gasteiger partial charge in [-0.1, -0.05) is 231 Å². The highest BCUT2D eigenvalue weighted by Gasteiger charge is 2.19. The topological polar surface area (TPSA) is 45.7 Å². The highest BCUT2D eigenvalue weighted by molar-refractivity contribution is 6.15. The third kappa shape index (κ3) is 8.35. The van der Waals surface area contributed by atoms with E-state index >= 15 is 0 Å². The van der Waals surface area contributed by atoms with Crippen LogP contribution in [0.3, 0.4) is 0 Å². The van der Waals surface area contributed by atoms with Crippen LogP contribution in [-0.4, -0.2) is 15.0 Å². The summed E-state index contributed by atoms with van der Waals surface area (Å²) in [7, 11) is 0. The van der Waals surface area contributed by atoms with Gasteiger partial charge in [0.15, 0.2) is 0 Å². The molecule has 14 rings (SSSR count). The van der Waals surface area contributed by atoms with Crippen LogP contribution in [-0.2, 0) is 0 Å². The molecular formula is C73H50N4. The van der Waals surface area contributed by atoms with E-state index in [0.29, 0.717) is 5.71 Å². The monoisotopic (exact) mass is 982 g/mol. The molecule has 0 fully saturated rings. The number of allylic oxidation sites excluding steroid dienone is 1. The van der Waals surface area contributed by atoms with Crippen molar-refractivity contribution in [2.24, 2.45) is 0 Å². The Balaban J connectivity index is 0.926. The van der Waals surface area contributed by atoms with Crippen LogP contribution in [0.1, 0.15) is 11.1 Å². The van der Waals surface area contributed by atoms with Crippen molar-refractivity contribution in [3.63, 3.8) is 0 Å². The molecule has 0 saturated heterocycles. The number of rotatable bonds is 11. The second kappa shape index (κ2) is 19.2. The average molecular weight is 983 g/mol. The van der Waals surface area contributed by atoms with Crippen molar-refractivity contribution in [1.82, 2.24) is 9.24 Å². The third-order valence-electron chi connectivity index (χ3n) is 15.2. The molecule has 0 amide bonds. The number of benzene rings is 12. The van der Waals surface area contributed by atoms with Gasteiger partial charge in [-0.15, -0.1) is 0 Å². The van der Waals surface area contributed by atoms with Crippen LogP contribution in [0.15, 0.2) is 291 Å². The molecular weight excluding hydrogens is 933 g/mol. The van der Waals surface area contributed by atoms with E-state index < -0.39 is 0 Å². The summed E-state index contributed by atoms with van der Waals surface area (Å²) in [6.07, 6.45) is 1.96. The van der Waals surface area contributed by atoms with Gasteiger partial charge in [0, 0.05) is 26.9 Å². The molecule has 2 N–H and O–H groups in total. The molecule has 362 valence electrons. The maximum absolute atomic E-state index is 9.58. The van der Waals surface area contributed by atoms with E-state index in [1.807, 2.05) is 30.3 Å². The normalized spacial score (nSPS) is 11.8. The summed E-state index contributed by atoms with van der Waals surface area (Å²) in [5.41, 5.74) is 24.0. The first-order chi connectivity index (χ1) is 38.1. The van der Waals surface area contributed by atoms with Gasteiger partial charge in [-0.3, -0.25) is 10.1 Å². The second-order valence-electron chi connectivity index (χ2n) is 19.8.